The van der Waals surface area contributed by atoms with Crippen molar-refractivity contribution in [1.82, 2.24) is 9.97 Å². The average molecular weight is 325 g/mol. The highest BCUT2D eigenvalue weighted by Gasteiger charge is 2.08. The Balaban J connectivity index is 2.32. The summed E-state index contributed by atoms with van der Waals surface area (Å²) in [5.41, 5.74) is 6.23. The molecule has 7 heteroatoms. The summed E-state index contributed by atoms with van der Waals surface area (Å²) in [7, 11) is 0. The third kappa shape index (κ3) is 3.25. The number of rotatable bonds is 3. The van der Waals surface area contributed by atoms with Crippen LogP contribution in [0.5, 0.6) is 11.8 Å². The van der Waals surface area contributed by atoms with Crippen LogP contribution in [0.2, 0.25) is 0 Å². The molecule has 19 heavy (non-hydrogen) atoms. The molecule has 0 atom stereocenters. The number of aryl methyl sites for hydroxylation is 1. The van der Waals surface area contributed by atoms with Crippen molar-refractivity contribution in [1.29, 1.82) is 5.41 Å². The molecule has 1 heterocycles. The number of nitrogens with zero attached hydrogens (tertiary/aromatic N) is 2. The van der Waals surface area contributed by atoms with Gasteiger partial charge >= 0.3 is 6.01 Å². The van der Waals surface area contributed by atoms with Crippen molar-refractivity contribution in [2.45, 2.75) is 6.92 Å². The van der Waals surface area contributed by atoms with Gasteiger partial charge in [-0.15, -0.1) is 0 Å². The monoisotopic (exact) mass is 324 g/mol. The summed E-state index contributed by atoms with van der Waals surface area (Å²) in [6, 6.07) is 5.89. The predicted molar refractivity (Wildman–Crippen MR) is 72.0 cm³/mol. The van der Waals surface area contributed by atoms with E-state index in [0.717, 1.165) is 0 Å². The second-order valence-electron chi connectivity index (χ2n) is 3.77. The lowest BCUT2D eigenvalue weighted by molar-refractivity contribution is 0.435. The number of halogens is 2. The van der Waals surface area contributed by atoms with Crippen LogP contribution < -0.4 is 10.5 Å². The van der Waals surface area contributed by atoms with Gasteiger partial charge in [0.2, 0.25) is 0 Å². The minimum atomic E-state index is -0.447. The molecule has 1 aromatic heterocycles. The van der Waals surface area contributed by atoms with Gasteiger partial charge in [-0.3, -0.25) is 5.41 Å². The summed E-state index contributed by atoms with van der Waals surface area (Å²) in [4.78, 5) is 8.01. The standard InChI is InChI=1S/C12H10BrFN4O/c1-6-4-10(11(15)16)18-12(17-6)19-7-2-3-8(13)9(14)5-7/h2-5H,1H3,(H3,15,16). The average Bonchev–Trinajstić information content (AvgIpc) is 2.33. The highest BCUT2D eigenvalue weighted by atomic mass is 79.9. The molecular weight excluding hydrogens is 315 g/mol. The minimum Gasteiger partial charge on any atom is -0.424 e. The Labute approximate surface area is 117 Å². The molecule has 0 aliphatic carbocycles. The Morgan fingerprint density at radius 3 is 2.74 bits per heavy atom. The zero-order valence-corrected chi connectivity index (χ0v) is 11.5. The lowest BCUT2D eigenvalue weighted by Gasteiger charge is -2.07. The summed E-state index contributed by atoms with van der Waals surface area (Å²) < 4.78 is 19.0. The van der Waals surface area contributed by atoms with E-state index in [4.69, 9.17) is 15.9 Å². The van der Waals surface area contributed by atoms with Crippen LogP contribution in [0.15, 0.2) is 28.7 Å². The number of amidine groups is 1. The van der Waals surface area contributed by atoms with E-state index in [9.17, 15) is 4.39 Å². The van der Waals surface area contributed by atoms with Crippen molar-refractivity contribution >= 4 is 21.8 Å². The van der Waals surface area contributed by atoms with E-state index in [1.807, 2.05) is 0 Å². The van der Waals surface area contributed by atoms with Crippen molar-refractivity contribution in [2.24, 2.45) is 5.73 Å². The first-order chi connectivity index (χ1) is 8.95. The normalized spacial score (nSPS) is 10.3. The third-order valence-corrected chi connectivity index (χ3v) is 2.85. The molecule has 0 amide bonds. The summed E-state index contributed by atoms with van der Waals surface area (Å²) in [5, 5.41) is 7.34. The maximum absolute atomic E-state index is 13.3. The number of ether oxygens (including phenoxy) is 1. The molecule has 2 rings (SSSR count). The molecule has 5 nitrogen and oxygen atoms in total. The van der Waals surface area contributed by atoms with E-state index >= 15 is 0 Å². The van der Waals surface area contributed by atoms with Crippen LogP contribution in [0.4, 0.5) is 4.39 Å². The smallest absolute Gasteiger partial charge is 0.322 e. The fourth-order valence-electron chi connectivity index (χ4n) is 1.37. The first kappa shape index (κ1) is 13.4. The second-order valence-corrected chi connectivity index (χ2v) is 4.62. The van der Waals surface area contributed by atoms with Gasteiger partial charge in [0.15, 0.2) is 0 Å². The number of hydrogen-bond acceptors (Lipinski definition) is 4. The van der Waals surface area contributed by atoms with Gasteiger partial charge in [-0.25, -0.2) is 9.37 Å². The van der Waals surface area contributed by atoms with Gasteiger partial charge in [0.1, 0.15) is 23.1 Å². The van der Waals surface area contributed by atoms with E-state index < -0.39 is 5.82 Å². The molecule has 98 valence electrons. The first-order valence-corrected chi connectivity index (χ1v) is 6.08. The van der Waals surface area contributed by atoms with Gasteiger partial charge in [0.05, 0.1) is 4.47 Å². The number of nitrogen functional groups attached to an aromatic ring is 1. The van der Waals surface area contributed by atoms with E-state index in [0.29, 0.717) is 10.2 Å². The third-order valence-electron chi connectivity index (χ3n) is 2.21. The van der Waals surface area contributed by atoms with Crippen LogP contribution in [-0.2, 0) is 0 Å². The van der Waals surface area contributed by atoms with Crippen molar-refractivity contribution in [3.05, 3.63) is 45.9 Å². The first-order valence-electron chi connectivity index (χ1n) is 5.28. The Morgan fingerprint density at radius 2 is 2.11 bits per heavy atom. The predicted octanol–water partition coefficient (Wildman–Crippen LogP) is 2.76. The molecule has 0 unspecified atom stereocenters. The van der Waals surface area contributed by atoms with Crippen molar-refractivity contribution in [3.8, 4) is 11.8 Å². The summed E-state index contributed by atoms with van der Waals surface area (Å²) in [6.07, 6.45) is 0. The molecule has 2 aromatic rings. The summed E-state index contributed by atoms with van der Waals surface area (Å²) >= 11 is 3.05. The van der Waals surface area contributed by atoms with E-state index in [-0.39, 0.29) is 23.3 Å². The zero-order chi connectivity index (χ0) is 14.0. The number of nitrogens with one attached hydrogen (secondary N) is 1. The number of hydrogen-bond donors (Lipinski definition) is 2. The minimum absolute atomic E-state index is 0.0203. The fourth-order valence-corrected chi connectivity index (χ4v) is 1.62. The highest BCUT2D eigenvalue weighted by Crippen LogP contribution is 2.24. The zero-order valence-electron chi connectivity index (χ0n) is 9.95. The molecule has 0 saturated carbocycles. The summed E-state index contributed by atoms with van der Waals surface area (Å²) in [6.45, 7) is 1.73. The van der Waals surface area contributed by atoms with E-state index in [1.54, 1.807) is 19.1 Å². The molecule has 0 aliphatic heterocycles. The molecule has 3 N–H and O–H groups in total. The maximum atomic E-state index is 13.3. The Morgan fingerprint density at radius 1 is 1.37 bits per heavy atom. The number of benzene rings is 1. The van der Waals surface area contributed by atoms with Crippen LogP contribution in [0.3, 0.4) is 0 Å². The Bertz CT molecular complexity index is 648. The van der Waals surface area contributed by atoms with Gasteiger partial charge < -0.3 is 10.5 Å². The molecule has 1 aromatic carbocycles. The van der Waals surface area contributed by atoms with E-state index in [1.165, 1.54) is 12.1 Å². The van der Waals surface area contributed by atoms with Crippen LogP contribution in [0, 0.1) is 18.2 Å². The van der Waals surface area contributed by atoms with Crippen LogP contribution >= 0.6 is 15.9 Å². The van der Waals surface area contributed by atoms with Gasteiger partial charge in [-0.2, -0.15) is 4.98 Å². The molecule has 0 spiro atoms. The van der Waals surface area contributed by atoms with Crippen LogP contribution in [0.25, 0.3) is 0 Å². The van der Waals surface area contributed by atoms with Crippen molar-refractivity contribution < 1.29 is 9.13 Å². The van der Waals surface area contributed by atoms with Gasteiger partial charge in [0.25, 0.3) is 0 Å². The molecule has 0 aliphatic rings. The number of nitrogens with two attached hydrogens (primary N) is 1. The topological polar surface area (TPSA) is 84.9 Å². The number of aromatic nitrogens is 2. The lowest BCUT2D eigenvalue weighted by Crippen LogP contribution is -2.14. The molecule has 0 radical (unpaired) electrons. The molecule has 0 saturated heterocycles. The molecule has 0 fully saturated rings. The fraction of sp³-hybridized carbons (Fsp3) is 0.0833. The molecular formula is C12H10BrFN4O. The van der Waals surface area contributed by atoms with Gasteiger partial charge in [0, 0.05) is 11.8 Å². The summed E-state index contributed by atoms with van der Waals surface area (Å²) in [5.74, 6) is -0.366. The van der Waals surface area contributed by atoms with Gasteiger partial charge in [-0.1, -0.05) is 0 Å². The van der Waals surface area contributed by atoms with E-state index in [2.05, 4.69) is 25.9 Å². The Kier molecular flexibility index (Phi) is 3.75. The van der Waals surface area contributed by atoms with Crippen molar-refractivity contribution in [3.63, 3.8) is 0 Å². The quantitative estimate of drug-likeness (QED) is 0.671. The van der Waals surface area contributed by atoms with Gasteiger partial charge in [-0.05, 0) is 41.1 Å². The lowest BCUT2D eigenvalue weighted by atomic mass is 10.3. The van der Waals surface area contributed by atoms with Crippen molar-refractivity contribution in [2.75, 3.05) is 0 Å². The second kappa shape index (κ2) is 5.31. The highest BCUT2D eigenvalue weighted by molar-refractivity contribution is 9.10. The van der Waals surface area contributed by atoms with Crippen LogP contribution in [-0.4, -0.2) is 15.8 Å². The largest absolute Gasteiger partial charge is 0.424 e. The molecule has 0 bridgehead atoms. The maximum Gasteiger partial charge on any atom is 0.322 e. The Hall–Kier alpha value is -2.02. The SMILES string of the molecule is Cc1cc(C(=N)N)nc(Oc2ccc(Br)c(F)c2)n1. The van der Waals surface area contributed by atoms with Crippen LogP contribution in [0.1, 0.15) is 11.4 Å².